The second kappa shape index (κ2) is 5.59. The Hall–Kier alpha value is -1.93. The molecule has 0 bridgehead atoms. The Labute approximate surface area is 111 Å². The van der Waals surface area contributed by atoms with Crippen LogP contribution in [0.25, 0.3) is 10.9 Å². The summed E-state index contributed by atoms with van der Waals surface area (Å²) in [4.78, 5) is 18.3. The average molecular weight is 287 g/mol. The zero-order valence-electron chi connectivity index (χ0n) is 10.2. The maximum atomic E-state index is 12.1. The highest BCUT2D eigenvalue weighted by atomic mass is 19.4. The van der Waals surface area contributed by atoms with Gasteiger partial charge in [-0.15, -0.1) is 0 Å². The third-order valence-corrected chi connectivity index (χ3v) is 2.67. The minimum atomic E-state index is -4.67. The summed E-state index contributed by atoms with van der Waals surface area (Å²) < 4.78 is 36.3. The molecular weight excluding hydrogens is 275 g/mol. The quantitative estimate of drug-likeness (QED) is 0.782. The van der Waals surface area contributed by atoms with Crippen LogP contribution in [0.4, 0.5) is 13.2 Å². The Balaban J connectivity index is 2.06. The predicted molar refractivity (Wildman–Crippen MR) is 66.1 cm³/mol. The highest BCUT2D eigenvalue weighted by Crippen LogP contribution is 2.19. The molecule has 1 atom stereocenters. The van der Waals surface area contributed by atoms with E-state index >= 15 is 0 Å². The lowest BCUT2D eigenvalue weighted by atomic mass is 10.2. The first kappa shape index (κ1) is 14.5. The number of para-hydroxylation sites is 1. The zero-order chi connectivity index (χ0) is 14.8. The number of hydrogen-bond donors (Lipinski definition) is 3. The summed E-state index contributed by atoms with van der Waals surface area (Å²) in [6, 6.07) is 6.64. The van der Waals surface area contributed by atoms with Gasteiger partial charge in [-0.05, 0) is 12.1 Å². The van der Waals surface area contributed by atoms with Crippen LogP contribution in [0.5, 0.6) is 0 Å². The Morgan fingerprint density at radius 2 is 2.05 bits per heavy atom. The van der Waals surface area contributed by atoms with Crippen molar-refractivity contribution in [3.63, 3.8) is 0 Å². The van der Waals surface area contributed by atoms with E-state index in [0.29, 0.717) is 10.9 Å². The molecule has 108 valence electrons. The molecule has 0 radical (unpaired) electrons. The van der Waals surface area contributed by atoms with Gasteiger partial charge >= 0.3 is 6.18 Å². The highest BCUT2D eigenvalue weighted by molar-refractivity contribution is 5.77. The first-order valence-electron chi connectivity index (χ1n) is 5.81. The molecule has 1 aromatic heterocycles. The highest BCUT2D eigenvalue weighted by Gasteiger charge is 2.37. The van der Waals surface area contributed by atoms with E-state index in [1.54, 1.807) is 24.3 Å². The van der Waals surface area contributed by atoms with Gasteiger partial charge < -0.3 is 15.4 Å². The number of halogens is 3. The molecular formula is C12H12F3N3O2. The van der Waals surface area contributed by atoms with E-state index < -0.39 is 18.8 Å². The molecule has 0 aliphatic rings. The minimum absolute atomic E-state index is 0.0762. The second-order valence-electron chi connectivity index (χ2n) is 4.22. The molecule has 1 heterocycles. The number of benzene rings is 1. The lowest BCUT2D eigenvalue weighted by molar-refractivity contribution is -0.201. The van der Waals surface area contributed by atoms with Crippen molar-refractivity contribution in [1.29, 1.82) is 0 Å². The fourth-order valence-electron chi connectivity index (χ4n) is 1.66. The van der Waals surface area contributed by atoms with Crippen molar-refractivity contribution in [3.8, 4) is 0 Å². The largest absolute Gasteiger partial charge is 0.415 e. The number of aromatic amines is 1. The molecule has 0 saturated carbocycles. The van der Waals surface area contributed by atoms with Crippen LogP contribution in [0.2, 0.25) is 0 Å². The van der Waals surface area contributed by atoms with E-state index in [4.69, 9.17) is 5.11 Å². The number of H-pyrrole nitrogens is 1. The summed E-state index contributed by atoms with van der Waals surface area (Å²) in [5.74, 6) is 0.211. The van der Waals surface area contributed by atoms with Gasteiger partial charge in [0.15, 0.2) is 6.10 Å². The molecule has 20 heavy (non-hydrogen) atoms. The SMILES string of the molecule is O=c1[nH]c(CNCC(O)C(F)(F)F)nc2ccccc12. The van der Waals surface area contributed by atoms with Crippen molar-refractivity contribution in [2.24, 2.45) is 0 Å². The van der Waals surface area contributed by atoms with Gasteiger partial charge in [-0.2, -0.15) is 13.2 Å². The van der Waals surface area contributed by atoms with Crippen molar-refractivity contribution in [2.75, 3.05) is 6.54 Å². The first-order chi connectivity index (χ1) is 9.38. The van der Waals surface area contributed by atoms with Gasteiger partial charge in [-0.3, -0.25) is 4.79 Å². The Morgan fingerprint density at radius 1 is 1.35 bits per heavy atom. The molecule has 0 saturated heterocycles. The van der Waals surface area contributed by atoms with Crippen LogP contribution in [-0.2, 0) is 6.54 Å². The lowest BCUT2D eigenvalue weighted by Gasteiger charge is -2.14. The summed E-state index contributed by atoms with van der Waals surface area (Å²) in [6.45, 7) is -0.743. The molecule has 3 N–H and O–H groups in total. The smallest absolute Gasteiger partial charge is 0.382 e. The normalized spacial score (nSPS) is 13.6. The molecule has 2 rings (SSSR count). The van der Waals surface area contributed by atoms with Gasteiger partial charge in [0.2, 0.25) is 0 Å². The number of hydrogen-bond acceptors (Lipinski definition) is 4. The molecule has 5 nitrogen and oxygen atoms in total. The zero-order valence-corrected chi connectivity index (χ0v) is 10.2. The lowest BCUT2D eigenvalue weighted by Crippen LogP contribution is -2.38. The molecule has 8 heteroatoms. The number of alkyl halides is 3. The van der Waals surface area contributed by atoms with Crippen LogP contribution < -0.4 is 10.9 Å². The number of nitrogens with zero attached hydrogens (tertiary/aromatic N) is 1. The number of fused-ring (bicyclic) bond motifs is 1. The molecule has 1 unspecified atom stereocenters. The van der Waals surface area contributed by atoms with E-state index in [9.17, 15) is 18.0 Å². The molecule has 0 fully saturated rings. The fourth-order valence-corrected chi connectivity index (χ4v) is 1.66. The average Bonchev–Trinajstić information content (AvgIpc) is 2.37. The number of nitrogens with one attached hydrogen (secondary N) is 2. The van der Waals surface area contributed by atoms with Crippen molar-refractivity contribution >= 4 is 10.9 Å². The third kappa shape index (κ3) is 3.34. The third-order valence-electron chi connectivity index (χ3n) is 2.67. The summed E-state index contributed by atoms with van der Waals surface area (Å²) in [7, 11) is 0. The van der Waals surface area contributed by atoms with E-state index in [2.05, 4.69) is 15.3 Å². The topological polar surface area (TPSA) is 78.0 Å². The van der Waals surface area contributed by atoms with E-state index in [1.807, 2.05) is 0 Å². The standard InChI is InChI=1S/C12H12F3N3O2/c13-12(14,15)9(19)5-16-6-10-17-8-4-2-1-3-7(8)11(20)18-10/h1-4,9,16,19H,5-6H2,(H,17,18,20). The van der Waals surface area contributed by atoms with Crippen LogP contribution in [-0.4, -0.2) is 33.9 Å². The Kier molecular flexibility index (Phi) is 4.05. The second-order valence-corrected chi connectivity index (χ2v) is 4.22. The van der Waals surface area contributed by atoms with Gasteiger partial charge in [0.25, 0.3) is 5.56 Å². The number of aromatic nitrogens is 2. The fraction of sp³-hybridized carbons (Fsp3) is 0.333. The van der Waals surface area contributed by atoms with Crippen molar-refractivity contribution < 1.29 is 18.3 Å². The van der Waals surface area contributed by atoms with E-state index in [1.165, 1.54) is 0 Å². The van der Waals surface area contributed by atoms with Gasteiger partial charge in [-0.25, -0.2) is 4.98 Å². The first-order valence-corrected chi connectivity index (χ1v) is 5.81. The maximum Gasteiger partial charge on any atom is 0.415 e. The predicted octanol–water partition coefficient (Wildman–Crippen LogP) is 0.936. The molecule has 1 aromatic carbocycles. The number of aliphatic hydroxyl groups excluding tert-OH is 1. The van der Waals surface area contributed by atoms with Crippen molar-refractivity contribution in [2.45, 2.75) is 18.8 Å². The van der Waals surface area contributed by atoms with Crippen molar-refractivity contribution in [3.05, 3.63) is 40.4 Å². The minimum Gasteiger partial charge on any atom is -0.382 e. The Bertz CT molecular complexity index is 654. The summed E-state index contributed by atoms with van der Waals surface area (Å²) >= 11 is 0. The van der Waals surface area contributed by atoms with E-state index in [-0.39, 0.29) is 17.9 Å². The van der Waals surface area contributed by atoms with Crippen LogP contribution in [0, 0.1) is 0 Å². The van der Waals surface area contributed by atoms with Crippen LogP contribution >= 0.6 is 0 Å². The maximum absolute atomic E-state index is 12.1. The monoisotopic (exact) mass is 287 g/mol. The van der Waals surface area contributed by atoms with Crippen LogP contribution in [0.3, 0.4) is 0 Å². The summed E-state index contributed by atoms with van der Waals surface area (Å²) in [5.41, 5.74) is 0.105. The van der Waals surface area contributed by atoms with Crippen LogP contribution in [0.15, 0.2) is 29.1 Å². The van der Waals surface area contributed by atoms with Crippen molar-refractivity contribution in [1.82, 2.24) is 15.3 Å². The molecule has 2 aromatic rings. The number of rotatable bonds is 4. The molecule has 0 aliphatic heterocycles. The van der Waals surface area contributed by atoms with Gasteiger partial charge in [-0.1, -0.05) is 12.1 Å². The van der Waals surface area contributed by atoms with Crippen LogP contribution in [0.1, 0.15) is 5.82 Å². The van der Waals surface area contributed by atoms with Gasteiger partial charge in [0, 0.05) is 6.54 Å². The Morgan fingerprint density at radius 3 is 2.75 bits per heavy atom. The molecule has 0 amide bonds. The van der Waals surface area contributed by atoms with E-state index in [0.717, 1.165) is 0 Å². The van der Waals surface area contributed by atoms with Gasteiger partial charge in [0.1, 0.15) is 5.82 Å². The summed E-state index contributed by atoms with van der Waals surface area (Å²) in [6.07, 6.45) is -7.12. The number of aliphatic hydroxyl groups is 1. The summed E-state index contributed by atoms with van der Waals surface area (Å²) in [5, 5.41) is 11.6. The molecule has 0 spiro atoms. The molecule has 0 aliphatic carbocycles. The van der Waals surface area contributed by atoms with Gasteiger partial charge in [0.05, 0.1) is 17.4 Å².